The lowest BCUT2D eigenvalue weighted by Crippen LogP contribution is -2.47. The molecule has 130 valence electrons. The number of hydrogen-bond acceptors (Lipinski definition) is 2. The number of benzene rings is 2. The number of nitrogens with zero attached hydrogens (tertiary/aromatic N) is 1. The van der Waals surface area contributed by atoms with Crippen LogP contribution < -0.4 is 5.32 Å². The van der Waals surface area contributed by atoms with Crippen molar-refractivity contribution in [1.82, 2.24) is 4.90 Å². The van der Waals surface area contributed by atoms with Crippen molar-refractivity contribution >= 4 is 17.5 Å². The smallest absolute Gasteiger partial charge is 0.255 e. The Morgan fingerprint density at radius 3 is 2.40 bits per heavy atom. The summed E-state index contributed by atoms with van der Waals surface area (Å²) in [5, 5.41) is 2.97. The SMILES string of the molecule is CCc1ccc(NC(=O)[C@H](C(C)C)N2Cc3ccccc3C2=O)cc1. The monoisotopic (exact) mass is 336 g/mol. The van der Waals surface area contributed by atoms with Gasteiger partial charge in [0.05, 0.1) is 0 Å². The van der Waals surface area contributed by atoms with Crippen molar-refractivity contribution in [3.63, 3.8) is 0 Å². The third-order valence-electron chi connectivity index (χ3n) is 4.71. The molecule has 25 heavy (non-hydrogen) atoms. The van der Waals surface area contributed by atoms with Crippen LogP contribution >= 0.6 is 0 Å². The zero-order chi connectivity index (χ0) is 18.0. The summed E-state index contributed by atoms with van der Waals surface area (Å²) >= 11 is 0. The first-order chi connectivity index (χ1) is 12.0. The molecule has 0 saturated carbocycles. The van der Waals surface area contributed by atoms with E-state index in [-0.39, 0.29) is 17.7 Å². The molecule has 0 aliphatic carbocycles. The van der Waals surface area contributed by atoms with E-state index in [4.69, 9.17) is 0 Å². The molecular formula is C21H24N2O2. The molecule has 1 heterocycles. The van der Waals surface area contributed by atoms with Crippen molar-refractivity contribution in [1.29, 1.82) is 0 Å². The van der Waals surface area contributed by atoms with Gasteiger partial charge in [0.2, 0.25) is 5.91 Å². The molecule has 3 rings (SSSR count). The molecule has 1 aliphatic heterocycles. The van der Waals surface area contributed by atoms with Crippen LogP contribution in [0.4, 0.5) is 5.69 Å². The molecule has 2 amide bonds. The maximum atomic E-state index is 12.9. The van der Waals surface area contributed by atoms with Crippen LogP contribution in [0.15, 0.2) is 48.5 Å². The van der Waals surface area contributed by atoms with E-state index in [0.717, 1.165) is 17.7 Å². The number of carbonyl (C=O) groups excluding carboxylic acids is 2. The van der Waals surface area contributed by atoms with E-state index in [0.29, 0.717) is 12.1 Å². The van der Waals surface area contributed by atoms with Gasteiger partial charge in [-0.3, -0.25) is 9.59 Å². The second-order valence-corrected chi connectivity index (χ2v) is 6.82. The van der Waals surface area contributed by atoms with Crippen molar-refractivity contribution in [2.24, 2.45) is 5.92 Å². The van der Waals surface area contributed by atoms with Crippen molar-refractivity contribution in [2.75, 3.05) is 5.32 Å². The molecule has 0 unspecified atom stereocenters. The van der Waals surface area contributed by atoms with Crippen LogP contribution in [-0.4, -0.2) is 22.8 Å². The number of aryl methyl sites for hydroxylation is 1. The number of amides is 2. The van der Waals surface area contributed by atoms with Crippen LogP contribution in [0.25, 0.3) is 0 Å². The fraction of sp³-hybridized carbons (Fsp3) is 0.333. The number of rotatable bonds is 5. The van der Waals surface area contributed by atoms with E-state index in [1.165, 1.54) is 5.56 Å². The predicted octanol–water partition coefficient (Wildman–Crippen LogP) is 3.87. The summed E-state index contributed by atoms with van der Waals surface area (Å²) < 4.78 is 0. The summed E-state index contributed by atoms with van der Waals surface area (Å²) in [6, 6.07) is 14.9. The molecule has 0 bridgehead atoms. The number of fused-ring (bicyclic) bond motifs is 1. The van der Waals surface area contributed by atoms with Gasteiger partial charge in [0.15, 0.2) is 0 Å². The Morgan fingerprint density at radius 2 is 1.80 bits per heavy atom. The van der Waals surface area contributed by atoms with E-state index in [1.54, 1.807) is 4.90 Å². The molecule has 2 aromatic carbocycles. The fourth-order valence-electron chi connectivity index (χ4n) is 3.35. The van der Waals surface area contributed by atoms with Crippen molar-refractivity contribution in [3.05, 3.63) is 65.2 Å². The maximum Gasteiger partial charge on any atom is 0.255 e. The average Bonchev–Trinajstić information content (AvgIpc) is 2.92. The molecule has 1 N–H and O–H groups in total. The second kappa shape index (κ2) is 7.09. The zero-order valence-corrected chi connectivity index (χ0v) is 15.0. The standard InChI is InChI=1S/C21H24N2O2/c1-4-15-9-11-17(12-10-15)22-20(24)19(14(2)3)23-13-16-7-5-6-8-18(16)21(23)25/h5-12,14,19H,4,13H2,1-3H3,(H,22,24)/t19-/m0/s1. The Hall–Kier alpha value is -2.62. The molecule has 1 aliphatic rings. The molecule has 0 saturated heterocycles. The molecule has 0 aromatic heterocycles. The Morgan fingerprint density at radius 1 is 1.12 bits per heavy atom. The van der Waals surface area contributed by atoms with Gasteiger partial charge in [-0.2, -0.15) is 0 Å². The lowest BCUT2D eigenvalue weighted by Gasteiger charge is -2.30. The van der Waals surface area contributed by atoms with Gasteiger partial charge in [0, 0.05) is 17.8 Å². The molecule has 0 fully saturated rings. The zero-order valence-electron chi connectivity index (χ0n) is 15.0. The van der Waals surface area contributed by atoms with Crippen LogP contribution in [0.2, 0.25) is 0 Å². The van der Waals surface area contributed by atoms with Gasteiger partial charge in [-0.05, 0) is 41.7 Å². The van der Waals surface area contributed by atoms with Crippen LogP contribution in [0, 0.1) is 5.92 Å². The molecule has 4 nitrogen and oxygen atoms in total. The molecule has 4 heteroatoms. The second-order valence-electron chi connectivity index (χ2n) is 6.82. The minimum atomic E-state index is -0.495. The first-order valence-corrected chi connectivity index (χ1v) is 8.80. The average molecular weight is 336 g/mol. The highest BCUT2D eigenvalue weighted by Crippen LogP contribution is 2.27. The van der Waals surface area contributed by atoms with Gasteiger partial charge in [-0.1, -0.05) is 51.1 Å². The van der Waals surface area contributed by atoms with Gasteiger partial charge in [-0.15, -0.1) is 0 Å². The van der Waals surface area contributed by atoms with Crippen LogP contribution in [-0.2, 0) is 17.8 Å². The lowest BCUT2D eigenvalue weighted by molar-refractivity contribution is -0.122. The summed E-state index contributed by atoms with van der Waals surface area (Å²) in [4.78, 5) is 27.3. The normalized spacial score (nSPS) is 14.6. The predicted molar refractivity (Wildman–Crippen MR) is 99.4 cm³/mol. The lowest BCUT2D eigenvalue weighted by atomic mass is 10.0. The van der Waals surface area contributed by atoms with Gasteiger partial charge < -0.3 is 10.2 Å². The minimum absolute atomic E-state index is 0.0215. The highest BCUT2D eigenvalue weighted by Gasteiger charge is 2.37. The molecule has 1 atom stereocenters. The topological polar surface area (TPSA) is 49.4 Å². The van der Waals surface area contributed by atoms with E-state index in [2.05, 4.69) is 12.2 Å². The minimum Gasteiger partial charge on any atom is -0.324 e. The number of anilines is 1. The Labute approximate surface area is 148 Å². The number of nitrogens with one attached hydrogen (secondary N) is 1. The third-order valence-corrected chi connectivity index (χ3v) is 4.71. The third kappa shape index (κ3) is 3.43. The Kier molecular flexibility index (Phi) is 4.88. The van der Waals surface area contributed by atoms with Gasteiger partial charge in [0.1, 0.15) is 6.04 Å². The van der Waals surface area contributed by atoms with Crippen molar-refractivity contribution < 1.29 is 9.59 Å². The summed E-state index contributed by atoms with van der Waals surface area (Å²) in [5.41, 5.74) is 3.67. The first kappa shape index (κ1) is 17.2. The summed E-state index contributed by atoms with van der Waals surface area (Å²) in [5.74, 6) is -0.181. The quantitative estimate of drug-likeness (QED) is 0.901. The molecule has 2 aromatic rings. The highest BCUT2D eigenvalue weighted by atomic mass is 16.2. The fourth-order valence-corrected chi connectivity index (χ4v) is 3.35. The van der Waals surface area contributed by atoms with E-state index in [1.807, 2.05) is 62.4 Å². The van der Waals surface area contributed by atoms with Gasteiger partial charge in [-0.25, -0.2) is 0 Å². The van der Waals surface area contributed by atoms with Crippen LogP contribution in [0.3, 0.4) is 0 Å². The summed E-state index contributed by atoms with van der Waals surface area (Å²) in [6.07, 6.45) is 0.962. The number of carbonyl (C=O) groups is 2. The van der Waals surface area contributed by atoms with Crippen LogP contribution in [0.1, 0.15) is 42.3 Å². The van der Waals surface area contributed by atoms with Gasteiger partial charge in [0.25, 0.3) is 5.91 Å². The van der Waals surface area contributed by atoms with E-state index < -0.39 is 6.04 Å². The van der Waals surface area contributed by atoms with Crippen LogP contribution in [0.5, 0.6) is 0 Å². The van der Waals surface area contributed by atoms with Gasteiger partial charge >= 0.3 is 0 Å². The first-order valence-electron chi connectivity index (χ1n) is 8.80. The van der Waals surface area contributed by atoms with E-state index in [9.17, 15) is 9.59 Å². The van der Waals surface area contributed by atoms with Crippen molar-refractivity contribution in [2.45, 2.75) is 39.8 Å². The number of hydrogen-bond donors (Lipinski definition) is 1. The van der Waals surface area contributed by atoms with E-state index >= 15 is 0 Å². The summed E-state index contributed by atoms with van der Waals surface area (Å²) in [6.45, 7) is 6.53. The molecular weight excluding hydrogens is 312 g/mol. The summed E-state index contributed by atoms with van der Waals surface area (Å²) in [7, 11) is 0. The highest BCUT2D eigenvalue weighted by molar-refractivity contribution is 6.03. The largest absolute Gasteiger partial charge is 0.324 e. The van der Waals surface area contributed by atoms with Crippen molar-refractivity contribution in [3.8, 4) is 0 Å². The molecule has 0 spiro atoms. The Balaban J connectivity index is 1.79. The Bertz CT molecular complexity index is 781. The maximum absolute atomic E-state index is 12.9. The molecule has 0 radical (unpaired) electrons.